The highest BCUT2D eigenvalue weighted by Gasteiger charge is 2.23. The molecule has 0 saturated carbocycles. The first-order valence-electron chi connectivity index (χ1n) is 9.22. The Morgan fingerprint density at radius 2 is 1.88 bits per heavy atom. The zero-order valence-electron chi connectivity index (χ0n) is 16.3. The first-order chi connectivity index (χ1) is 15.2. The van der Waals surface area contributed by atoms with Gasteiger partial charge < -0.3 is 19.9 Å². The molecule has 1 unspecified atom stereocenters. The zero-order valence-corrected chi connectivity index (χ0v) is 17.9. The van der Waals surface area contributed by atoms with Crippen LogP contribution in [0.1, 0.15) is 22.5 Å². The number of pyridine rings is 1. The van der Waals surface area contributed by atoms with Crippen molar-refractivity contribution in [1.82, 2.24) is 10.3 Å². The van der Waals surface area contributed by atoms with Gasteiger partial charge in [-0.15, -0.1) is 0 Å². The molecule has 9 nitrogen and oxygen atoms in total. The fraction of sp³-hybridized carbons (Fsp3) is 0.143. The Bertz CT molecular complexity index is 1160. The fourth-order valence-corrected chi connectivity index (χ4v) is 3.24. The first-order valence-corrected chi connectivity index (χ1v) is 9.97. The Hall–Kier alpha value is -3.40. The van der Waals surface area contributed by atoms with Crippen molar-refractivity contribution in [3.8, 4) is 11.3 Å². The van der Waals surface area contributed by atoms with Crippen LogP contribution < -0.4 is 10.6 Å². The van der Waals surface area contributed by atoms with Crippen LogP contribution in [-0.2, 0) is 16.1 Å². The summed E-state index contributed by atoms with van der Waals surface area (Å²) in [5.41, 5.74) is 0.374. The molecule has 4 N–H and O–H groups in total. The number of furan rings is 1. The molecule has 0 saturated heterocycles. The van der Waals surface area contributed by atoms with E-state index in [0.29, 0.717) is 27.1 Å². The zero-order chi connectivity index (χ0) is 23.3. The second kappa shape index (κ2) is 10.3. The number of benzene rings is 1. The Morgan fingerprint density at radius 3 is 2.59 bits per heavy atom. The van der Waals surface area contributed by atoms with E-state index in [2.05, 4.69) is 15.6 Å². The summed E-state index contributed by atoms with van der Waals surface area (Å²) in [5.74, 6) is -2.33. The SMILES string of the molecule is O=C(O)CC(NCc1ccc(-c2cc(Cl)ccc2Cl)o1)C(=O)Nc1ccncc1C(=O)O. The van der Waals surface area contributed by atoms with Crippen molar-refractivity contribution in [3.63, 3.8) is 0 Å². The van der Waals surface area contributed by atoms with Crippen LogP contribution in [0.2, 0.25) is 10.0 Å². The molecule has 1 aromatic carbocycles. The van der Waals surface area contributed by atoms with Gasteiger partial charge in [0.1, 0.15) is 17.1 Å². The van der Waals surface area contributed by atoms with E-state index in [1.54, 1.807) is 30.3 Å². The number of aromatic carboxylic acids is 1. The summed E-state index contributed by atoms with van der Waals surface area (Å²) in [4.78, 5) is 38.9. The molecule has 1 atom stereocenters. The lowest BCUT2D eigenvalue weighted by atomic mass is 10.1. The third-order valence-corrected chi connectivity index (χ3v) is 4.95. The van der Waals surface area contributed by atoms with Crippen molar-refractivity contribution in [1.29, 1.82) is 0 Å². The molecule has 2 aromatic heterocycles. The lowest BCUT2D eigenvalue weighted by Gasteiger charge is -2.17. The van der Waals surface area contributed by atoms with Crippen LogP contribution in [0.3, 0.4) is 0 Å². The topological polar surface area (TPSA) is 142 Å². The molecule has 0 fully saturated rings. The Labute approximate surface area is 192 Å². The van der Waals surface area contributed by atoms with Crippen LogP contribution in [0.25, 0.3) is 11.3 Å². The minimum absolute atomic E-state index is 0.00516. The van der Waals surface area contributed by atoms with E-state index in [1.165, 1.54) is 12.3 Å². The van der Waals surface area contributed by atoms with Crippen molar-refractivity contribution in [3.05, 3.63) is 70.2 Å². The molecule has 0 aliphatic rings. The summed E-state index contributed by atoms with van der Waals surface area (Å²) in [5, 5.41) is 24.6. The van der Waals surface area contributed by atoms with E-state index < -0.39 is 30.3 Å². The van der Waals surface area contributed by atoms with Gasteiger partial charge in [-0.25, -0.2) is 4.79 Å². The van der Waals surface area contributed by atoms with Crippen LogP contribution >= 0.6 is 23.2 Å². The van der Waals surface area contributed by atoms with E-state index >= 15 is 0 Å². The van der Waals surface area contributed by atoms with Crippen molar-refractivity contribution in [2.75, 3.05) is 5.32 Å². The molecule has 0 radical (unpaired) electrons. The van der Waals surface area contributed by atoms with Crippen LogP contribution in [0.5, 0.6) is 0 Å². The summed E-state index contributed by atoms with van der Waals surface area (Å²) < 4.78 is 5.74. The molecular weight excluding hydrogens is 461 g/mol. The van der Waals surface area contributed by atoms with Crippen LogP contribution in [-0.4, -0.2) is 39.1 Å². The maximum atomic E-state index is 12.6. The first kappa shape index (κ1) is 23.3. The lowest BCUT2D eigenvalue weighted by Crippen LogP contribution is -2.41. The van der Waals surface area contributed by atoms with E-state index in [1.807, 2.05) is 0 Å². The summed E-state index contributed by atoms with van der Waals surface area (Å²) >= 11 is 12.2. The van der Waals surface area contributed by atoms with Gasteiger partial charge in [-0.2, -0.15) is 0 Å². The molecule has 3 aromatic rings. The average molecular weight is 478 g/mol. The number of nitrogens with zero attached hydrogens (tertiary/aromatic N) is 1. The second-order valence-electron chi connectivity index (χ2n) is 6.64. The van der Waals surface area contributed by atoms with Crippen LogP contribution in [0.4, 0.5) is 5.69 Å². The summed E-state index contributed by atoms with van der Waals surface area (Å²) in [6, 6.07) is 8.41. The highest BCUT2D eigenvalue weighted by atomic mass is 35.5. The molecule has 0 aliphatic heterocycles. The average Bonchev–Trinajstić information content (AvgIpc) is 3.21. The highest BCUT2D eigenvalue weighted by Crippen LogP contribution is 2.31. The molecule has 0 spiro atoms. The number of amides is 1. The summed E-state index contributed by atoms with van der Waals surface area (Å²) in [6.45, 7) is 0.0334. The van der Waals surface area contributed by atoms with E-state index in [-0.39, 0.29) is 17.8 Å². The Kier molecular flexibility index (Phi) is 7.47. The van der Waals surface area contributed by atoms with Gasteiger partial charge in [-0.3, -0.25) is 19.9 Å². The molecule has 2 heterocycles. The molecule has 1 amide bonds. The van der Waals surface area contributed by atoms with Gasteiger partial charge >= 0.3 is 11.9 Å². The quantitative estimate of drug-likeness (QED) is 0.363. The minimum Gasteiger partial charge on any atom is -0.481 e. The van der Waals surface area contributed by atoms with Crippen molar-refractivity contribution < 1.29 is 29.0 Å². The van der Waals surface area contributed by atoms with Crippen molar-refractivity contribution in [2.45, 2.75) is 19.0 Å². The van der Waals surface area contributed by atoms with E-state index in [4.69, 9.17) is 27.6 Å². The normalized spacial score (nSPS) is 11.7. The predicted molar refractivity (Wildman–Crippen MR) is 117 cm³/mol. The van der Waals surface area contributed by atoms with Gasteiger partial charge in [-0.1, -0.05) is 23.2 Å². The van der Waals surface area contributed by atoms with Gasteiger partial charge in [0.15, 0.2) is 0 Å². The number of aliphatic carboxylic acids is 1. The summed E-state index contributed by atoms with van der Waals surface area (Å²) in [6.07, 6.45) is 1.86. The number of hydrogen-bond acceptors (Lipinski definition) is 6. The fourth-order valence-electron chi connectivity index (χ4n) is 2.85. The third kappa shape index (κ3) is 5.85. The predicted octanol–water partition coefficient (Wildman–Crippen LogP) is 3.92. The van der Waals surface area contributed by atoms with Gasteiger partial charge in [0, 0.05) is 23.0 Å². The van der Waals surface area contributed by atoms with Gasteiger partial charge in [0.2, 0.25) is 5.91 Å². The number of carboxylic acid groups (broad SMARTS) is 2. The van der Waals surface area contributed by atoms with Gasteiger partial charge in [0.25, 0.3) is 0 Å². The van der Waals surface area contributed by atoms with Crippen molar-refractivity contribution >= 4 is 46.7 Å². The Morgan fingerprint density at radius 1 is 1.09 bits per heavy atom. The van der Waals surface area contributed by atoms with Gasteiger partial charge in [-0.05, 0) is 36.4 Å². The van der Waals surface area contributed by atoms with Crippen molar-refractivity contribution in [2.24, 2.45) is 0 Å². The monoisotopic (exact) mass is 477 g/mol. The number of carbonyl (C=O) groups is 3. The van der Waals surface area contributed by atoms with Gasteiger partial charge in [0.05, 0.1) is 29.7 Å². The second-order valence-corrected chi connectivity index (χ2v) is 7.48. The lowest BCUT2D eigenvalue weighted by molar-refractivity contribution is -0.139. The number of halogens is 2. The molecular formula is C21H17Cl2N3O6. The van der Waals surface area contributed by atoms with Crippen LogP contribution in [0.15, 0.2) is 53.2 Å². The third-order valence-electron chi connectivity index (χ3n) is 4.38. The Balaban J connectivity index is 1.72. The number of nitrogens with one attached hydrogen (secondary N) is 2. The molecule has 0 bridgehead atoms. The largest absolute Gasteiger partial charge is 0.481 e. The number of aromatic nitrogens is 1. The summed E-state index contributed by atoms with van der Waals surface area (Å²) in [7, 11) is 0. The highest BCUT2D eigenvalue weighted by molar-refractivity contribution is 6.35. The molecule has 11 heteroatoms. The number of hydrogen-bond donors (Lipinski definition) is 4. The molecule has 32 heavy (non-hydrogen) atoms. The maximum Gasteiger partial charge on any atom is 0.339 e. The number of carboxylic acids is 2. The number of rotatable bonds is 9. The number of carbonyl (C=O) groups excluding carboxylic acids is 1. The smallest absolute Gasteiger partial charge is 0.339 e. The van der Waals surface area contributed by atoms with E-state index in [0.717, 1.165) is 6.20 Å². The van der Waals surface area contributed by atoms with E-state index in [9.17, 15) is 24.6 Å². The molecule has 166 valence electrons. The number of anilines is 1. The maximum absolute atomic E-state index is 12.6. The van der Waals surface area contributed by atoms with Crippen LogP contribution in [0, 0.1) is 0 Å². The molecule has 3 rings (SSSR count). The minimum atomic E-state index is -1.28. The standard InChI is InChI=1S/C21H17Cl2N3O6/c22-11-1-3-15(23)13(7-11)18-4-2-12(32-18)9-25-17(8-19(27)28)20(29)26-16-5-6-24-10-14(16)21(30)31/h1-7,10,17,25H,8-9H2,(H,27,28)(H,30,31)(H,24,26,29). The molecule has 0 aliphatic carbocycles.